The highest BCUT2D eigenvalue weighted by molar-refractivity contribution is 5.79. The first-order valence-corrected chi connectivity index (χ1v) is 10.8. The minimum Gasteiger partial charge on any atom is -0.484 e. The summed E-state index contributed by atoms with van der Waals surface area (Å²) < 4.78 is 19.2. The monoisotopic (exact) mass is 426 g/mol. The molecule has 1 fully saturated rings. The van der Waals surface area contributed by atoms with Crippen LogP contribution in [0.25, 0.3) is 0 Å². The van der Waals surface area contributed by atoms with Crippen LogP contribution in [0.3, 0.4) is 0 Å². The maximum absolute atomic E-state index is 13.7. The molecule has 0 heterocycles. The molecule has 2 aromatic rings. The van der Waals surface area contributed by atoms with Crippen LogP contribution in [0.15, 0.2) is 47.5 Å². The summed E-state index contributed by atoms with van der Waals surface area (Å²) in [4.78, 5) is 16.2. The molecule has 0 aliphatic heterocycles. The van der Waals surface area contributed by atoms with E-state index in [4.69, 9.17) is 4.74 Å². The van der Waals surface area contributed by atoms with Gasteiger partial charge in [0.05, 0.1) is 6.54 Å². The first-order valence-electron chi connectivity index (χ1n) is 10.8. The van der Waals surface area contributed by atoms with E-state index in [9.17, 15) is 9.18 Å². The fourth-order valence-corrected chi connectivity index (χ4v) is 2.97. The molecule has 1 saturated carbocycles. The van der Waals surface area contributed by atoms with Crippen LogP contribution in [0.5, 0.6) is 5.75 Å². The number of hydrogen-bond acceptors (Lipinski definition) is 3. The van der Waals surface area contributed by atoms with Crippen LogP contribution in [0.1, 0.15) is 36.5 Å². The number of aliphatic imine (C=N–C) groups is 1. The molecule has 3 N–H and O–H groups in total. The fourth-order valence-electron chi connectivity index (χ4n) is 2.97. The topological polar surface area (TPSA) is 74.8 Å². The number of amides is 1. The van der Waals surface area contributed by atoms with E-state index in [1.54, 1.807) is 13.0 Å². The first-order chi connectivity index (χ1) is 15.0. The Labute approximate surface area is 183 Å². The lowest BCUT2D eigenvalue weighted by Crippen LogP contribution is -2.38. The van der Waals surface area contributed by atoms with Crippen molar-refractivity contribution in [1.82, 2.24) is 16.0 Å². The van der Waals surface area contributed by atoms with Gasteiger partial charge in [-0.15, -0.1) is 0 Å². The van der Waals surface area contributed by atoms with Gasteiger partial charge in [-0.3, -0.25) is 4.79 Å². The number of guanidine groups is 1. The maximum Gasteiger partial charge on any atom is 0.258 e. The first kappa shape index (κ1) is 22.6. The molecule has 0 saturated heterocycles. The predicted molar refractivity (Wildman–Crippen MR) is 121 cm³/mol. The van der Waals surface area contributed by atoms with Gasteiger partial charge in [-0.1, -0.05) is 24.3 Å². The molecular weight excluding hydrogens is 395 g/mol. The number of benzene rings is 2. The number of carbonyl (C=O) groups excluding carboxylic acids is 1. The van der Waals surface area contributed by atoms with Crippen LogP contribution in [0.2, 0.25) is 0 Å². The third-order valence-corrected chi connectivity index (χ3v) is 4.94. The molecule has 1 aliphatic rings. The number of aryl methyl sites for hydroxylation is 1. The molecule has 166 valence electrons. The summed E-state index contributed by atoms with van der Waals surface area (Å²) in [6, 6.07) is 13.3. The van der Waals surface area contributed by atoms with E-state index in [0.29, 0.717) is 36.4 Å². The summed E-state index contributed by atoms with van der Waals surface area (Å²) in [7, 11) is 0. The lowest BCUT2D eigenvalue weighted by molar-refractivity contribution is -0.123. The van der Waals surface area contributed by atoms with Gasteiger partial charge in [-0.05, 0) is 68.0 Å². The van der Waals surface area contributed by atoms with Crippen molar-refractivity contribution in [2.45, 2.75) is 45.7 Å². The van der Waals surface area contributed by atoms with Crippen LogP contribution in [-0.2, 0) is 17.8 Å². The number of nitrogens with zero attached hydrogens (tertiary/aromatic N) is 1. The summed E-state index contributed by atoms with van der Waals surface area (Å²) in [5.74, 6) is 1.11. The van der Waals surface area contributed by atoms with E-state index in [-0.39, 0.29) is 18.3 Å². The number of nitrogens with one attached hydrogen (secondary N) is 3. The van der Waals surface area contributed by atoms with Crippen molar-refractivity contribution in [3.8, 4) is 5.75 Å². The van der Waals surface area contributed by atoms with Crippen molar-refractivity contribution in [1.29, 1.82) is 0 Å². The second kappa shape index (κ2) is 11.3. The Morgan fingerprint density at radius 1 is 1.13 bits per heavy atom. The molecule has 0 bridgehead atoms. The van der Waals surface area contributed by atoms with E-state index in [1.807, 2.05) is 37.3 Å². The number of halogens is 1. The van der Waals surface area contributed by atoms with E-state index >= 15 is 0 Å². The molecule has 1 aliphatic carbocycles. The summed E-state index contributed by atoms with van der Waals surface area (Å²) in [5.41, 5.74) is 2.62. The van der Waals surface area contributed by atoms with Crippen molar-refractivity contribution in [3.63, 3.8) is 0 Å². The Hall–Kier alpha value is -3.09. The normalized spacial score (nSPS) is 13.6. The summed E-state index contributed by atoms with van der Waals surface area (Å²) in [6.45, 7) is 5.66. The van der Waals surface area contributed by atoms with E-state index < -0.39 is 0 Å². The summed E-state index contributed by atoms with van der Waals surface area (Å²) in [5, 5.41) is 9.41. The van der Waals surface area contributed by atoms with Crippen LogP contribution in [-0.4, -0.2) is 37.6 Å². The predicted octanol–water partition coefficient (Wildman–Crippen LogP) is 3.09. The fraction of sp³-hybridized carbons (Fsp3) is 0.417. The van der Waals surface area contributed by atoms with Crippen LogP contribution >= 0.6 is 0 Å². The van der Waals surface area contributed by atoms with Gasteiger partial charge in [-0.2, -0.15) is 0 Å². The molecule has 6 nitrogen and oxygen atoms in total. The van der Waals surface area contributed by atoms with E-state index in [0.717, 1.165) is 36.9 Å². The van der Waals surface area contributed by atoms with Gasteiger partial charge < -0.3 is 20.7 Å². The molecular formula is C24H31FN4O2. The lowest BCUT2D eigenvalue weighted by Gasteiger charge is -2.12. The van der Waals surface area contributed by atoms with Gasteiger partial charge in [0.25, 0.3) is 5.91 Å². The number of hydrogen-bond donors (Lipinski definition) is 3. The standard InChI is InChI=1S/C24H31FN4O2/c1-3-26-24(28-15-19-5-4-17(2)22(25)14-19)27-13-12-18-6-10-21(11-7-18)31-16-23(30)29-20-8-9-20/h4-7,10-11,14,20H,3,8-9,12-13,15-16H2,1-2H3,(H,29,30)(H2,26,27,28). The highest BCUT2D eigenvalue weighted by Crippen LogP contribution is 2.18. The zero-order valence-corrected chi connectivity index (χ0v) is 18.2. The van der Waals surface area contributed by atoms with Crippen molar-refractivity contribution < 1.29 is 13.9 Å². The summed E-state index contributed by atoms with van der Waals surface area (Å²) in [6.07, 6.45) is 2.95. The molecule has 1 amide bonds. The average molecular weight is 427 g/mol. The second-order valence-electron chi connectivity index (χ2n) is 7.73. The van der Waals surface area contributed by atoms with Crippen molar-refractivity contribution >= 4 is 11.9 Å². The SMILES string of the molecule is CCNC(=NCc1ccc(C)c(F)c1)NCCc1ccc(OCC(=O)NC2CC2)cc1. The Balaban J connectivity index is 1.42. The summed E-state index contributed by atoms with van der Waals surface area (Å²) >= 11 is 0. The molecule has 2 aromatic carbocycles. The van der Waals surface area contributed by atoms with Gasteiger partial charge >= 0.3 is 0 Å². The molecule has 3 rings (SSSR count). The van der Waals surface area contributed by atoms with E-state index in [2.05, 4.69) is 20.9 Å². The van der Waals surface area contributed by atoms with Crippen LogP contribution < -0.4 is 20.7 Å². The number of rotatable bonds is 10. The highest BCUT2D eigenvalue weighted by Gasteiger charge is 2.23. The third kappa shape index (κ3) is 7.92. The largest absolute Gasteiger partial charge is 0.484 e. The molecule has 7 heteroatoms. The third-order valence-electron chi connectivity index (χ3n) is 4.94. The molecule has 31 heavy (non-hydrogen) atoms. The van der Waals surface area contributed by atoms with Crippen molar-refractivity contribution in [3.05, 3.63) is 65.0 Å². The highest BCUT2D eigenvalue weighted by atomic mass is 19.1. The maximum atomic E-state index is 13.7. The molecule has 0 atom stereocenters. The van der Waals surface area contributed by atoms with Crippen molar-refractivity contribution in [2.24, 2.45) is 4.99 Å². The zero-order chi connectivity index (χ0) is 22.1. The van der Waals surface area contributed by atoms with Gasteiger partial charge in [0.1, 0.15) is 11.6 Å². The van der Waals surface area contributed by atoms with Crippen LogP contribution in [0, 0.1) is 12.7 Å². The van der Waals surface area contributed by atoms with Crippen molar-refractivity contribution in [2.75, 3.05) is 19.7 Å². The number of carbonyl (C=O) groups is 1. The minimum atomic E-state index is -0.207. The quantitative estimate of drug-likeness (QED) is 0.403. The molecule has 0 unspecified atom stereocenters. The van der Waals surface area contributed by atoms with Gasteiger partial charge in [0.15, 0.2) is 12.6 Å². The smallest absolute Gasteiger partial charge is 0.258 e. The molecule has 0 radical (unpaired) electrons. The number of ether oxygens (including phenoxy) is 1. The molecule has 0 spiro atoms. The van der Waals surface area contributed by atoms with Crippen LogP contribution in [0.4, 0.5) is 4.39 Å². The van der Waals surface area contributed by atoms with Gasteiger partial charge in [-0.25, -0.2) is 9.38 Å². The Bertz CT molecular complexity index is 895. The average Bonchev–Trinajstić information content (AvgIpc) is 3.58. The van der Waals surface area contributed by atoms with Gasteiger partial charge in [0, 0.05) is 19.1 Å². The van der Waals surface area contributed by atoms with Gasteiger partial charge in [0.2, 0.25) is 0 Å². The lowest BCUT2D eigenvalue weighted by atomic mass is 10.1. The second-order valence-corrected chi connectivity index (χ2v) is 7.73. The minimum absolute atomic E-state index is 0.0464. The Morgan fingerprint density at radius 2 is 1.87 bits per heavy atom. The van der Waals surface area contributed by atoms with E-state index in [1.165, 1.54) is 6.07 Å². The Morgan fingerprint density at radius 3 is 2.55 bits per heavy atom. The molecule has 0 aromatic heterocycles. The zero-order valence-electron chi connectivity index (χ0n) is 18.2. The Kier molecular flexibility index (Phi) is 8.27.